The van der Waals surface area contributed by atoms with Gasteiger partial charge in [0.25, 0.3) is 0 Å². The molecule has 2 aromatic carbocycles. The molecule has 0 saturated carbocycles. The van der Waals surface area contributed by atoms with E-state index in [2.05, 4.69) is 10.6 Å². The highest BCUT2D eigenvalue weighted by atomic mass is 35.5. The zero-order valence-electron chi connectivity index (χ0n) is 17.3. The summed E-state index contributed by atoms with van der Waals surface area (Å²) in [6.45, 7) is 4.35. The number of hydrogen-bond donors (Lipinski definition) is 2. The molecule has 2 N–H and O–H groups in total. The molecule has 0 aromatic heterocycles. The second-order valence-corrected chi connectivity index (χ2v) is 7.98. The molecule has 1 heterocycles. The van der Waals surface area contributed by atoms with E-state index in [-0.39, 0.29) is 6.61 Å². The van der Waals surface area contributed by atoms with Crippen LogP contribution in [0.4, 0.5) is 0 Å². The van der Waals surface area contributed by atoms with E-state index in [4.69, 9.17) is 49.6 Å². The minimum Gasteiger partial charge on any atom is -0.490 e. The first-order valence-corrected chi connectivity index (χ1v) is 10.7. The Balaban J connectivity index is 1.91. The Bertz CT molecular complexity index is 1040. The second-order valence-electron chi connectivity index (χ2n) is 6.73. The van der Waals surface area contributed by atoms with Crippen LogP contribution >= 0.6 is 35.4 Å². The predicted molar refractivity (Wildman–Crippen MR) is 125 cm³/mol. The molecule has 0 spiro atoms. The zero-order valence-corrected chi connectivity index (χ0v) is 19.6. The fourth-order valence-corrected chi connectivity index (χ4v) is 3.94. The molecule has 2 aromatic rings. The van der Waals surface area contributed by atoms with Gasteiger partial charge in [-0.2, -0.15) is 0 Å². The fraction of sp³-hybridized carbons (Fsp3) is 0.273. The van der Waals surface area contributed by atoms with Crippen molar-refractivity contribution in [1.29, 1.82) is 0 Å². The number of carbonyl (C=O) groups is 1. The van der Waals surface area contributed by atoms with Crippen LogP contribution in [0.25, 0.3) is 0 Å². The van der Waals surface area contributed by atoms with E-state index in [0.717, 1.165) is 11.1 Å². The summed E-state index contributed by atoms with van der Waals surface area (Å²) in [5, 5.41) is 7.60. The first kappa shape index (κ1) is 23.2. The molecule has 0 unspecified atom stereocenters. The van der Waals surface area contributed by atoms with Crippen LogP contribution in [0.1, 0.15) is 31.0 Å². The number of rotatable bonds is 7. The zero-order chi connectivity index (χ0) is 22.5. The average molecular weight is 481 g/mol. The second kappa shape index (κ2) is 10.2. The standard InChI is InChI=1S/C22H22Cl2N2O4S/c1-4-29-18-9-13(20-19(21(27)28-3)12(2)25-22(31)26-20)6-8-17(18)30-11-14-5-7-15(23)10-16(14)24/h5-10,20H,4,11H2,1-3H3,(H2,25,26,31)/t20-/m0/s1. The average Bonchev–Trinajstić information content (AvgIpc) is 2.73. The van der Waals surface area contributed by atoms with Gasteiger partial charge < -0.3 is 24.8 Å². The molecule has 0 amide bonds. The third-order valence-corrected chi connectivity index (χ3v) is 5.48. The molecule has 0 radical (unpaired) electrons. The van der Waals surface area contributed by atoms with Crippen LogP contribution in [0.2, 0.25) is 10.0 Å². The van der Waals surface area contributed by atoms with Crippen LogP contribution in [0, 0.1) is 0 Å². The van der Waals surface area contributed by atoms with Gasteiger partial charge in [-0.05, 0) is 55.9 Å². The highest BCUT2D eigenvalue weighted by Gasteiger charge is 2.31. The maximum absolute atomic E-state index is 12.4. The van der Waals surface area contributed by atoms with E-state index in [1.165, 1.54) is 7.11 Å². The highest BCUT2D eigenvalue weighted by Crippen LogP contribution is 2.35. The van der Waals surface area contributed by atoms with Crippen molar-refractivity contribution in [2.24, 2.45) is 0 Å². The van der Waals surface area contributed by atoms with Crippen molar-refractivity contribution >= 4 is 46.5 Å². The number of methoxy groups -OCH3 is 1. The summed E-state index contributed by atoms with van der Waals surface area (Å²) in [4.78, 5) is 12.4. The Labute approximate surface area is 196 Å². The van der Waals surface area contributed by atoms with Gasteiger partial charge in [-0.3, -0.25) is 0 Å². The fourth-order valence-electron chi connectivity index (χ4n) is 3.21. The number of esters is 1. The Kier molecular flexibility index (Phi) is 7.64. The Morgan fingerprint density at radius 2 is 1.90 bits per heavy atom. The molecule has 0 saturated heterocycles. The van der Waals surface area contributed by atoms with Crippen LogP contribution in [0.5, 0.6) is 11.5 Å². The molecule has 1 aliphatic heterocycles. The summed E-state index contributed by atoms with van der Waals surface area (Å²) in [6.07, 6.45) is 0. The van der Waals surface area contributed by atoms with E-state index in [1.807, 2.05) is 25.1 Å². The third kappa shape index (κ3) is 5.42. The number of ether oxygens (including phenoxy) is 3. The molecule has 9 heteroatoms. The number of allylic oxidation sites excluding steroid dienone is 1. The maximum atomic E-state index is 12.4. The Morgan fingerprint density at radius 1 is 1.13 bits per heavy atom. The van der Waals surface area contributed by atoms with Crippen molar-refractivity contribution in [1.82, 2.24) is 10.6 Å². The number of nitrogens with one attached hydrogen (secondary N) is 2. The minimum atomic E-state index is -0.486. The van der Waals surface area contributed by atoms with Crippen molar-refractivity contribution in [2.45, 2.75) is 26.5 Å². The number of thiocarbonyl (C=S) groups is 1. The van der Waals surface area contributed by atoms with Crippen LogP contribution in [-0.2, 0) is 16.1 Å². The van der Waals surface area contributed by atoms with Crippen LogP contribution < -0.4 is 20.1 Å². The normalized spacial score (nSPS) is 15.8. The van der Waals surface area contributed by atoms with Gasteiger partial charge in [0.15, 0.2) is 16.6 Å². The van der Waals surface area contributed by atoms with Gasteiger partial charge in [0.2, 0.25) is 0 Å². The Hall–Kier alpha value is -2.48. The first-order chi connectivity index (χ1) is 14.8. The lowest BCUT2D eigenvalue weighted by Crippen LogP contribution is -2.45. The lowest BCUT2D eigenvalue weighted by Gasteiger charge is -2.30. The molecule has 3 rings (SSSR count). The van der Waals surface area contributed by atoms with Gasteiger partial charge in [0.05, 0.1) is 25.3 Å². The quantitative estimate of drug-likeness (QED) is 0.429. The van der Waals surface area contributed by atoms with Gasteiger partial charge in [-0.15, -0.1) is 0 Å². The number of halogens is 2. The van der Waals surface area contributed by atoms with Gasteiger partial charge in [0.1, 0.15) is 6.61 Å². The minimum absolute atomic E-state index is 0.248. The van der Waals surface area contributed by atoms with Gasteiger partial charge in [-0.25, -0.2) is 4.79 Å². The molecule has 1 aliphatic rings. The number of carbonyl (C=O) groups excluding carboxylic acids is 1. The summed E-state index contributed by atoms with van der Waals surface area (Å²) < 4.78 is 16.7. The van der Waals surface area contributed by atoms with Gasteiger partial charge in [-0.1, -0.05) is 35.3 Å². The molecule has 1 atom stereocenters. The van der Waals surface area contributed by atoms with E-state index in [9.17, 15) is 4.79 Å². The molecule has 0 bridgehead atoms. The predicted octanol–water partition coefficient (Wildman–Crippen LogP) is 4.94. The molecule has 6 nitrogen and oxygen atoms in total. The molecule has 0 aliphatic carbocycles. The number of hydrogen-bond acceptors (Lipinski definition) is 5. The van der Waals surface area contributed by atoms with Crippen molar-refractivity contribution in [3.8, 4) is 11.5 Å². The van der Waals surface area contributed by atoms with E-state index in [1.54, 1.807) is 25.1 Å². The van der Waals surface area contributed by atoms with Crippen LogP contribution in [0.15, 0.2) is 47.7 Å². The molecule has 164 valence electrons. The molecule has 0 fully saturated rings. The lowest BCUT2D eigenvalue weighted by atomic mass is 9.95. The number of benzene rings is 2. The SMILES string of the molecule is CCOc1cc([C@@H]2NC(=S)NC(C)=C2C(=O)OC)ccc1OCc1ccc(Cl)cc1Cl. The van der Waals surface area contributed by atoms with Crippen molar-refractivity contribution < 1.29 is 19.0 Å². The van der Waals surface area contributed by atoms with Crippen LogP contribution in [-0.4, -0.2) is 24.8 Å². The summed E-state index contributed by atoms with van der Waals surface area (Å²) in [5.41, 5.74) is 2.66. The van der Waals surface area contributed by atoms with Crippen molar-refractivity contribution in [3.63, 3.8) is 0 Å². The molecule has 31 heavy (non-hydrogen) atoms. The van der Waals surface area contributed by atoms with Gasteiger partial charge in [0, 0.05) is 21.3 Å². The molecular weight excluding hydrogens is 459 g/mol. The topological polar surface area (TPSA) is 68.8 Å². The summed E-state index contributed by atoms with van der Waals surface area (Å²) >= 11 is 17.5. The lowest BCUT2D eigenvalue weighted by molar-refractivity contribution is -0.136. The smallest absolute Gasteiger partial charge is 0.337 e. The third-order valence-electron chi connectivity index (χ3n) is 4.67. The Morgan fingerprint density at radius 3 is 2.58 bits per heavy atom. The molecular formula is C22H22Cl2N2O4S. The van der Waals surface area contributed by atoms with Crippen molar-refractivity contribution in [3.05, 3.63) is 68.8 Å². The van der Waals surface area contributed by atoms with Crippen molar-refractivity contribution in [2.75, 3.05) is 13.7 Å². The van der Waals surface area contributed by atoms with E-state index in [0.29, 0.717) is 44.5 Å². The maximum Gasteiger partial charge on any atom is 0.337 e. The monoisotopic (exact) mass is 480 g/mol. The summed E-state index contributed by atoms with van der Waals surface area (Å²) in [7, 11) is 1.34. The summed E-state index contributed by atoms with van der Waals surface area (Å²) in [6, 6.07) is 10.2. The first-order valence-electron chi connectivity index (χ1n) is 9.54. The van der Waals surface area contributed by atoms with Gasteiger partial charge >= 0.3 is 5.97 Å². The highest BCUT2D eigenvalue weighted by molar-refractivity contribution is 7.80. The van der Waals surface area contributed by atoms with Crippen LogP contribution in [0.3, 0.4) is 0 Å². The van der Waals surface area contributed by atoms with E-state index < -0.39 is 12.0 Å². The summed E-state index contributed by atoms with van der Waals surface area (Å²) in [5.74, 6) is 0.646. The largest absolute Gasteiger partial charge is 0.490 e. The van der Waals surface area contributed by atoms with E-state index >= 15 is 0 Å².